The molecular formula is C34H48CuN4O8. The number of nitrogens with one attached hydrogen (secondary N) is 2. The largest absolute Gasteiger partial charge is 0.476 e. The number of nitrogens with zero attached hydrogens (tertiary/aromatic N) is 2. The third-order valence-electron chi connectivity index (χ3n) is 8.16. The fourth-order valence-corrected chi connectivity index (χ4v) is 4.95. The first kappa shape index (κ1) is 39.5. The van der Waals surface area contributed by atoms with Crippen molar-refractivity contribution in [1.82, 2.24) is 10.6 Å². The van der Waals surface area contributed by atoms with Crippen LogP contribution in [0.1, 0.15) is 83.1 Å². The van der Waals surface area contributed by atoms with Gasteiger partial charge < -0.3 is 20.1 Å². The van der Waals surface area contributed by atoms with Gasteiger partial charge in [0.2, 0.25) is 0 Å². The van der Waals surface area contributed by atoms with Crippen molar-refractivity contribution in [2.75, 3.05) is 13.2 Å². The number of allylic oxidation sites excluding steroid dienone is 8. The maximum atomic E-state index is 12.8. The van der Waals surface area contributed by atoms with Crippen molar-refractivity contribution in [1.29, 1.82) is 0 Å². The second-order valence-electron chi connectivity index (χ2n) is 16.2. The minimum Gasteiger partial charge on any atom is -0.476 e. The summed E-state index contributed by atoms with van der Waals surface area (Å²) in [6.07, 6.45) is 5.32. The molecular weight excluding hydrogens is 656 g/mol. The van der Waals surface area contributed by atoms with Gasteiger partial charge in [-0.05, 0) is 21.7 Å². The van der Waals surface area contributed by atoms with Gasteiger partial charge in [-0.1, -0.05) is 83.1 Å². The van der Waals surface area contributed by atoms with Gasteiger partial charge >= 0.3 is 0 Å². The average Bonchev–Trinajstić information content (AvgIpc) is 3.58. The van der Waals surface area contributed by atoms with E-state index in [1.807, 2.05) is 41.5 Å². The molecule has 2 aliphatic heterocycles. The molecule has 1 radical (unpaired) electrons. The van der Waals surface area contributed by atoms with Crippen molar-refractivity contribution in [2.24, 2.45) is 21.7 Å². The summed E-state index contributed by atoms with van der Waals surface area (Å²) >= 11 is 0. The molecule has 2 saturated heterocycles. The standard InChI is InChI=1S/2C17H24N2O4.Cu/c2*1-16(2,3)12-8-10(19(21)22)7-11(14(12)20)15-18-13(9-23-15)17(4,5)6;/h2*7-8,13,18H,9H2,1-6H3;/b2*15-11+;/t2*13-;/m11./s1. The van der Waals surface area contributed by atoms with Gasteiger partial charge in [-0.2, -0.15) is 0 Å². The molecule has 4 aliphatic rings. The van der Waals surface area contributed by atoms with Crippen LogP contribution in [0.25, 0.3) is 0 Å². The molecule has 0 bridgehead atoms. The number of Topliss-reactive ketones (excluding diaryl/α,β-unsaturated/α-hetero) is 2. The molecule has 0 saturated carbocycles. The van der Waals surface area contributed by atoms with E-state index in [0.29, 0.717) is 36.1 Å². The quantitative estimate of drug-likeness (QED) is 0.153. The maximum absolute atomic E-state index is 12.8. The Bertz CT molecular complexity index is 1410. The van der Waals surface area contributed by atoms with E-state index in [2.05, 4.69) is 52.2 Å². The first-order chi connectivity index (χ1) is 20.8. The van der Waals surface area contributed by atoms with Gasteiger partial charge in [-0.25, -0.2) is 0 Å². The van der Waals surface area contributed by atoms with Crippen LogP contribution in [0.15, 0.2) is 69.8 Å². The van der Waals surface area contributed by atoms with Crippen molar-refractivity contribution in [2.45, 2.75) is 95.2 Å². The van der Waals surface area contributed by atoms with Crippen LogP contribution in [0.5, 0.6) is 0 Å². The summed E-state index contributed by atoms with van der Waals surface area (Å²) in [4.78, 5) is 47.0. The van der Waals surface area contributed by atoms with E-state index in [0.717, 1.165) is 0 Å². The summed E-state index contributed by atoms with van der Waals surface area (Å²) in [5.41, 5.74) is 0.0464. The zero-order chi connectivity index (χ0) is 35.2. The van der Waals surface area contributed by atoms with Crippen molar-refractivity contribution in [3.05, 3.63) is 90.0 Å². The van der Waals surface area contributed by atoms with Crippen molar-refractivity contribution in [3.8, 4) is 0 Å². The Morgan fingerprint density at radius 1 is 0.617 bits per heavy atom. The molecule has 263 valence electrons. The molecule has 2 fully saturated rings. The van der Waals surface area contributed by atoms with Crippen LogP contribution in [-0.2, 0) is 36.1 Å². The normalized spacial score (nSPS) is 24.9. The molecule has 0 aromatic heterocycles. The number of hydrogen-bond donors (Lipinski definition) is 2. The SMILES string of the molecule is CC(C)(C)C1=CC([N+](=O)[O-])=C/C(=C2/N[C@@H](C(C)(C)C)CO2)C1=O.CC(C)(C)C1=CC([N+](=O)[O-])=C/C(=C2/N[C@@H](C(C)(C)C)CO2)C1=O.[Cu]. The molecule has 0 aromatic carbocycles. The van der Waals surface area contributed by atoms with Gasteiger partial charge in [0.05, 0.1) is 33.1 Å². The molecule has 47 heavy (non-hydrogen) atoms. The second-order valence-corrected chi connectivity index (χ2v) is 16.2. The third kappa shape index (κ3) is 9.22. The van der Waals surface area contributed by atoms with Gasteiger partial charge in [-0.15, -0.1) is 0 Å². The number of carbonyl (C=O) groups is 2. The Morgan fingerprint density at radius 2 is 0.915 bits per heavy atom. The Balaban J connectivity index is 0.000000320. The molecule has 2 aliphatic carbocycles. The monoisotopic (exact) mass is 703 g/mol. The Morgan fingerprint density at radius 3 is 1.13 bits per heavy atom. The topological polar surface area (TPSA) is 163 Å². The van der Waals surface area contributed by atoms with Gasteiger partial charge in [-0.3, -0.25) is 29.8 Å². The summed E-state index contributed by atoms with van der Waals surface area (Å²) in [6, 6.07) is 0.100. The van der Waals surface area contributed by atoms with Crippen LogP contribution in [0.3, 0.4) is 0 Å². The van der Waals surface area contributed by atoms with E-state index >= 15 is 0 Å². The van der Waals surface area contributed by atoms with Gasteiger partial charge in [0, 0.05) is 52.5 Å². The van der Waals surface area contributed by atoms with E-state index in [1.54, 1.807) is 0 Å². The van der Waals surface area contributed by atoms with Gasteiger partial charge in [0.15, 0.2) is 23.3 Å². The van der Waals surface area contributed by atoms with Crippen LogP contribution in [0.4, 0.5) is 0 Å². The molecule has 0 amide bonds. The Hall–Kier alpha value is -3.70. The molecule has 0 spiro atoms. The molecule has 2 atom stereocenters. The maximum Gasteiger partial charge on any atom is 0.270 e. The van der Waals surface area contributed by atoms with Crippen LogP contribution in [0, 0.1) is 41.9 Å². The number of carbonyl (C=O) groups excluding carboxylic acids is 2. The fraction of sp³-hybridized carbons (Fsp3) is 0.588. The summed E-state index contributed by atoms with van der Waals surface area (Å²) in [7, 11) is 0. The van der Waals surface area contributed by atoms with Gasteiger partial charge in [0.25, 0.3) is 11.4 Å². The second kappa shape index (κ2) is 13.8. The van der Waals surface area contributed by atoms with E-state index in [4.69, 9.17) is 9.47 Å². The Kier molecular flexibility index (Phi) is 11.6. The third-order valence-corrected chi connectivity index (χ3v) is 8.16. The Labute approximate surface area is 287 Å². The van der Waals surface area contributed by atoms with Crippen molar-refractivity contribution in [3.63, 3.8) is 0 Å². The van der Waals surface area contributed by atoms with E-state index in [-0.39, 0.29) is 74.1 Å². The first-order valence-electron chi connectivity index (χ1n) is 15.4. The minimum absolute atomic E-state index is 0. The fourth-order valence-electron chi connectivity index (χ4n) is 4.95. The minimum atomic E-state index is -0.486. The smallest absolute Gasteiger partial charge is 0.270 e. The zero-order valence-corrected chi connectivity index (χ0v) is 30.3. The molecule has 4 rings (SSSR count). The molecule has 0 unspecified atom stereocenters. The molecule has 2 heterocycles. The number of rotatable bonds is 2. The summed E-state index contributed by atoms with van der Waals surface area (Å²) in [5.74, 6) is 0.230. The average molecular weight is 704 g/mol. The zero-order valence-electron chi connectivity index (χ0n) is 29.3. The summed E-state index contributed by atoms with van der Waals surface area (Å²) in [5, 5.41) is 28.8. The van der Waals surface area contributed by atoms with E-state index in [9.17, 15) is 29.8 Å². The molecule has 12 nitrogen and oxygen atoms in total. The van der Waals surface area contributed by atoms with Crippen LogP contribution >= 0.6 is 0 Å². The molecule has 2 N–H and O–H groups in total. The van der Waals surface area contributed by atoms with E-state index in [1.165, 1.54) is 24.3 Å². The van der Waals surface area contributed by atoms with Crippen LogP contribution in [0.2, 0.25) is 0 Å². The van der Waals surface area contributed by atoms with Crippen LogP contribution in [-0.4, -0.2) is 46.7 Å². The van der Waals surface area contributed by atoms with E-state index < -0.39 is 20.7 Å². The summed E-state index contributed by atoms with van der Waals surface area (Å²) in [6.45, 7) is 24.5. The number of nitro groups is 2. The molecule has 13 heteroatoms. The van der Waals surface area contributed by atoms with Gasteiger partial charge in [0.1, 0.15) is 13.2 Å². The predicted molar refractivity (Wildman–Crippen MR) is 174 cm³/mol. The summed E-state index contributed by atoms with van der Waals surface area (Å²) < 4.78 is 11.3. The number of hydrogen-bond acceptors (Lipinski definition) is 10. The first-order valence-corrected chi connectivity index (χ1v) is 15.4. The van der Waals surface area contributed by atoms with Crippen molar-refractivity contribution < 1.29 is 46.0 Å². The molecule has 0 aromatic rings. The van der Waals surface area contributed by atoms with Crippen molar-refractivity contribution >= 4 is 11.6 Å². The number of ketones is 2. The predicted octanol–water partition coefficient (Wildman–Crippen LogP) is 5.89. The number of ether oxygens (including phenoxy) is 2. The van der Waals surface area contributed by atoms with Crippen LogP contribution < -0.4 is 10.6 Å².